The number of hydrogen-bond donors (Lipinski definition) is 1. The van der Waals surface area contributed by atoms with E-state index in [0.717, 1.165) is 0 Å². The SMILES string of the molecule is CC(=O)N1CCC(NS(=O)(=O)c2cc(Br)cnc2Cl)CC1. The Morgan fingerprint density at radius 2 is 2.10 bits per heavy atom. The quantitative estimate of drug-likeness (QED) is 0.790. The van der Waals surface area contributed by atoms with Crippen LogP contribution in [-0.4, -0.2) is 43.3 Å². The van der Waals surface area contributed by atoms with Crippen molar-refractivity contribution >= 4 is 43.5 Å². The third-order valence-corrected chi connectivity index (χ3v) is 5.71. The number of rotatable bonds is 3. The average Bonchev–Trinajstić information content (AvgIpc) is 2.41. The van der Waals surface area contributed by atoms with Gasteiger partial charge in [0.05, 0.1) is 0 Å². The molecule has 1 N–H and O–H groups in total. The zero-order valence-corrected chi connectivity index (χ0v) is 14.5. The number of likely N-dealkylation sites (tertiary alicyclic amines) is 1. The molecule has 1 aliphatic heterocycles. The highest BCUT2D eigenvalue weighted by Gasteiger charge is 2.27. The third kappa shape index (κ3) is 4.15. The molecule has 2 rings (SSSR count). The van der Waals surface area contributed by atoms with Crippen molar-refractivity contribution in [3.8, 4) is 0 Å². The van der Waals surface area contributed by atoms with Crippen LogP contribution < -0.4 is 4.72 Å². The number of sulfonamides is 1. The standard InChI is InChI=1S/C12H15BrClN3O3S/c1-8(18)17-4-2-10(3-5-17)16-21(19,20)11-6-9(13)7-15-12(11)14/h6-7,10,16H,2-5H2,1H3. The first-order valence-corrected chi connectivity index (χ1v) is 9.04. The predicted molar refractivity (Wildman–Crippen MR) is 82.5 cm³/mol. The summed E-state index contributed by atoms with van der Waals surface area (Å²) in [6.07, 6.45) is 2.60. The van der Waals surface area contributed by atoms with Gasteiger partial charge in [-0.25, -0.2) is 18.1 Å². The van der Waals surface area contributed by atoms with Crippen LogP contribution in [0.25, 0.3) is 0 Å². The van der Waals surface area contributed by atoms with Crippen molar-refractivity contribution in [3.05, 3.63) is 21.9 Å². The Morgan fingerprint density at radius 1 is 1.48 bits per heavy atom. The number of carbonyl (C=O) groups excluding carboxylic acids is 1. The monoisotopic (exact) mass is 395 g/mol. The number of hydrogen-bond acceptors (Lipinski definition) is 4. The predicted octanol–water partition coefficient (Wildman–Crippen LogP) is 1.79. The van der Waals surface area contributed by atoms with Gasteiger partial charge in [-0.15, -0.1) is 0 Å². The molecule has 6 nitrogen and oxygen atoms in total. The lowest BCUT2D eigenvalue weighted by Gasteiger charge is -2.31. The molecule has 116 valence electrons. The normalized spacial score (nSPS) is 17.0. The van der Waals surface area contributed by atoms with Gasteiger partial charge in [0, 0.05) is 36.7 Å². The van der Waals surface area contributed by atoms with Gasteiger partial charge < -0.3 is 4.90 Å². The number of halogens is 2. The number of piperidine rings is 1. The molecule has 0 spiro atoms. The molecule has 1 amide bonds. The minimum atomic E-state index is -3.73. The summed E-state index contributed by atoms with van der Waals surface area (Å²) >= 11 is 9.04. The molecule has 1 aliphatic rings. The maximum atomic E-state index is 12.4. The summed E-state index contributed by atoms with van der Waals surface area (Å²) in [6.45, 7) is 2.61. The first-order chi connectivity index (χ1) is 9.79. The van der Waals surface area contributed by atoms with E-state index in [2.05, 4.69) is 25.6 Å². The smallest absolute Gasteiger partial charge is 0.243 e. The second kappa shape index (κ2) is 6.60. The summed E-state index contributed by atoms with van der Waals surface area (Å²) in [5, 5.41) is -0.0631. The summed E-state index contributed by atoms with van der Waals surface area (Å²) in [4.78, 5) is 16.7. The summed E-state index contributed by atoms with van der Waals surface area (Å²) in [7, 11) is -3.73. The van der Waals surface area contributed by atoms with E-state index in [0.29, 0.717) is 30.4 Å². The molecule has 0 unspecified atom stereocenters. The molecule has 0 radical (unpaired) electrons. The van der Waals surface area contributed by atoms with Crippen molar-refractivity contribution in [1.29, 1.82) is 0 Å². The van der Waals surface area contributed by atoms with E-state index in [1.54, 1.807) is 4.90 Å². The minimum Gasteiger partial charge on any atom is -0.343 e. The second-order valence-electron chi connectivity index (χ2n) is 4.84. The lowest BCUT2D eigenvalue weighted by atomic mass is 10.1. The van der Waals surface area contributed by atoms with Crippen LogP contribution in [0.3, 0.4) is 0 Å². The zero-order valence-electron chi connectivity index (χ0n) is 11.3. The van der Waals surface area contributed by atoms with Gasteiger partial charge in [-0.2, -0.15) is 0 Å². The minimum absolute atomic E-state index is 0.00976. The molecule has 0 bridgehead atoms. The Balaban J connectivity index is 2.09. The fraction of sp³-hybridized carbons (Fsp3) is 0.500. The lowest BCUT2D eigenvalue weighted by molar-refractivity contribution is -0.129. The Labute approximate surface area is 137 Å². The lowest BCUT2D eigenvalue weighted by Crippen LogP contribution is -2.45. The van der Waals surface area contributed by atoms with Crippen LogP contribution in [0.15, 0.2) is 21.6 Å². The number of pyridine rings is 1. The van der Waals surface area contributed by atoms with Crippen molar-refractivity contribution in [2.45, 2.75) is 30.7 Å². The molecule has 0 aliphatic carbocycles. The third-order valence-electron chi connectivity index (χ3n) is 3.33. The largest absolute Gasteiger partial charge is 0.343 e. The number of aromatic nitrogens is 1. The van der Waals surface area contributed by atoms with Gasteiger partial charge in [-0.3, -0.25) is 4.79 Å². The van der Waals surface area contributed by atoms with E-state index >= 15 is 0 Å². The fourth-order valence-electron chi connectivity index (χ4n) is 2.19. The first kappa shape index (κ1) is 16.7. The number of carbonyl (C=O) groups is 1. The summed E-state index contributed by atoms with van der Waals surface area (Å²) in [5.74, 6) is 0.00976. The highest BCUT2D eigenvalue weighted by molar-refractivity contribution is 9.10. The molecule has 2 heterocycles. The second-order valence-corrected chi connectivity index (χ2v) is 7.80. The topological polar surface area (TPSA) is 79.4 Å². The highest BCUT2D eigenvalue weighted by atomic mass is 79.9. The van der Waals surface area contributed by atoms with Crippen molar-refractivity contribution in [2.75, 3.05) is 13.1 Å². The maximum absolute atomic E-state index is 12.4. The molecule has 0 saturated carbocycles. The summed E-state index contributed by atoms with van der Waals surface area (Å²) in [5.41, 5.74) is 0. The van der Waals surface area contributed by atoms with Crippen LogP contribution in [0.1, 0.15) is 19.8 Å². The molecule has 21 heavy (non-hydrogen) atoms. The van der Waals surface area contributed by atoms with Gasteiger partial charge in [0.2, 0.25) is 15.9 Å². The van der Waals surface area contributed by atoms with E-state index < -0.39 is 10.0 Å². The fourth-order valence-corrected chi connectivity index (χ4v) is 4.44. The van der Waals surface area contributed by atoms with Crippen molar-refractivity contribution in [3.63, 3.8) is 0 Å². The molecule has 1 saturated heterocycles. The summed E-state index contributed by atoms with van der Waals surface area (Å²) < 4.78 is 27.9. The summed E-state index contributed by atoms with van der Waals surface area (Å²) in [6, 6.07) is 1.21. The van der Waals surface area contributed by atoms with Gasteiger partial charge in [0.15, 0.2) is 0 Å². The van der Waals surface area contributed by atoms with Crippen LogP contribution >= 0.6 is 27.5 Å². The van der Waals surface area contributed by atoms with Crippen LogP contribution in [0.5, 0.6) is 0 Å². The molecule has 1 fully saturated rings. The Kier molecular flexibility index (Phi) is 5.24. The van der Waals surface area contributed by atoms with E-state index in [4.69, 9.17) is 11.6 Å². The van der Waals surface area contributed by atoms with E-state index in [1.165, 1.54) is 19.2 Å². The molecule has 1 aromatic rings. The molecule has 1 aromatic heterocycles. The molecular formula is C12H15BrClN3O3S. The Hall–Kier alpha value is -0.700. The number of nitrogens with zero attached hydrogens (tertiary/aromatic N) is 2. The molecule has 0 aromatic carbocycles. The number of nitrogens with one attached hydrogen (secondary N) is 1. The Bertz CT molecular complexity index is 645. The van der Waals surface area contributed by atoms with Crippen LogP contribution in [0.4, 0.5) is 0 Å². The van der Waals surface area contributed by atoms with Crippen molar-refractivity contribution in [2.24, 2.45) is 0 Å². The van der Waals surface area contributed by atoms with Crippen molar-refractivity contribution in [1.82, 2.24) is 14.6 Å². The van der Waals surface area contributed by atoms with Crippen LogP contribution in [0, 0.1) is 0 Å². The van der Waals surface area contributed by atoms with Gasteiger partial charge in [0.1, 0.15) is 10.0 Å². The van der Waals surface area contributed by atoms with Crippen molar-refractivity contribution < 1.29 is 13.2 Å². The average molecular weight is 397 g/mol. The van der Waals surface area contributed by atoms with Crippen LogP contribution in [0.2, 0.25) is 5.15 Å². The first-order valence-electron chi connectivity index (χ1n) is 6.38. The van der Waals surface area contributed by atoms with Crippen LogP contribution in [-0.2, 0) is 14.8 Å². The van der Waals surface area contributed by atoms with Gasteiger partial charge in [0.25, 0.3) is 0 Å². The Morgan fingerprint density at radius 3 is 2.67 bits per heavy atom. The van der Waals surface area contributed by atoms with Gasteiger partial charge in [-0.1, -0.05) is 11.6 Å². The maximum Gasteiger partial charge on any atom is 0.243 e. The van der Waals surface area contributed by atoms with E-state index in [-0.39, 0.29) is 22.0 Å². The number of amides is 1. The van der Waals surface area contributed by atoms with E-state index in [9.17, 15) is 13.2 Å². The molecular weight excluding hydrogens is 382 g/mol. The highest BCUT2D eigenvalue weighted by Crippen LogP contribution is 2.23. The van der Waals surface area contributed by atoms with Gasteiger partial charge in [-0.05, 0) is 34.8 Å². The van der Waals surface area contributed by atoms with Gasteiger partial charge >= 0.3 is 0 Å². The molecule has 0 atom stereocenters. The molecule has 9 heteroatoms. The van der Waals surface area contributed by atoms with E-state index in [1.807, 2.05) is 0 Å². The zero-order chi connectivity index (χ0) is 15.6.